The molecule has 232 valence electrons. The van der Waals surface area contributed by atoms with E-state index in [1.54, 1.807) is 18.3 Å². The average Bonchev–Trinajstić information content (AvgIpc) is 3.35. The molecule has 0 aliphatic carbocycles. The summed E-state index contributed by atoms with van der Waals surface area (Å²) in [5, 5.41) is 28.3. The Bertz CT molecular complexity index is 1400. The molecule has 43 heavy (non-hydrogen) atoms. The summed E-state index contributed by atoms with van der Waals surface area (Å²) in [6.45, 7) is 7.48. The van der Waals surface area contributed by atoms with Gasteiger partial charge >= 0.3 is 5.97 Å². The highest BCUT2D eigenvalue weighted by molar-refractivity contribution is 5.94. The molecule has 1 aromatic heterocycles. The Balaban J connectivity index is 1.79. The van der Waals surface area contributed by atoms with Gasteiger partial charge in [-0.1, -0.05) is 58.0 Å². The number of para-hydroxylation sites is 1. The van der Waals surface area contributed by atoms with Gasteiger partial charge in [-0.05, 0) is 60.4 Å². The van der Waals surface area contributed by atoms with Gasteiger partial charge in [0.05, 0.1) is 6.04 Å². The van der Waals surface area contributed by atoms with Crippen molar-refractivity contribution < 1.29 is 29.4 Å². The molecule has 0 spiro atoms. The van der Waals surface area contributed by atoms with Crippen molar-refractivity contribution in [1.82, 2.24) is 20.9 Å². The first kappa shape index (κ1) is 33.1. The third-order valence-corrected chi connectivity index (χ3v) is 7.12. The van der Waals surface area contributed by atoms with Crippen LogP contribution in [0.4, 0.5) is 0 Å². The molecule has 3 aromatic rings. The molecule has 0 fully saturated rings. The number of phenols is 1. The molecule has 0 radical (unpaired) electrons. The van der Waals surface area contributed by atoms with Gasteiger partial charge in [0.1, 0.15) is 23.9 Å². The van der Waals surface area contributed by atoms with E-state index < -0.39 is 47.9 Å². The van der Waals surface area contributed by atoms with Gasteiger partial charge in [0.15, 0.2) is 0 Å². The number of amides is 3. The maximum atomic E-state index is 13.6. The van der Waals surface area contributed by atoms with E-state index in [2.05, 4.69) is 20.9 Å². The Kier molecular flexibility index (Phi) is 11.7. The van der Waals surface area contributed by atoms with Crippen molar-refractivity contribution in [3.05, 3.63) is 65.9 Å². The van der Waals surface area contributed by atoms with Crippen LogP contribution in [-0.4, -0.2) is 63.1 Å². The van der Waals surface area contributed by atoms with Gasteiger partial charge in [-0.3, -0.25) is 14.4 Å². The quantitative estimate of drug-likeness (QED) is 0.141. The number of aromatic hydroxyl groups is 1. The number of rotatable bonds is 15. The van der Waals surface area contributed by atoms with E-state index in [-0.39, 0.29) is 43.3 Å². The number of carbonyl (C=O) groups excluding carboxylic acids is 3. The lowest BCUT2D eigenvalue weighted by Gasteiger charge is -2.26. The Hall–Kier alpha value is -4.38. The Morgan fingerprint density at radius 2 is 1.33 bits per heavy atom. The van der Waals surface area contributed by atoms with Gasteiger partial charge in [0.25, 0.3) is 0 Å². The first-order valence-corrected chi connectivity index (χ1v) is 14.6. The lowest BCUT2D eigenvalue weighted by atomic mass is 9.99. The van der Waals surface area contributed by atoms with Crippen molar-refractivity contribution in [3.8, 4) is 5.75 Å². The van der Waals surface area contributed by atoms with Crippen LogP contribution in [0.1, 0.15) is 51.7 Å². The molecule has 8 N–H and O–H groups in total. The van der Waals surface area contributed by atoms with E-state index in [4.69, 9.17) is 5.73 Å². The van der Waals surface area contributed by atoms with E-state index in [0.717, 1.165) is 16.5 Å². The van der Waals surface area contributed by atoms with Crippen molar-refractivity contribution >= 4 is 34.6 Å². The lowest BCUT2D eigenvalue weighted by molar-refractivity contribution is -0.143. The SMILES string of the molecule is CC(C)CC(NC(=O)C(CC(C)C)NC(=O)C(Cc1ccc(O)cc1)NC(=O)C(N)Cc1c[nH]c2ccccc12)C(=O)O. The molecule has 11 nitrogen and oxygen atoms in total. The maximum absolute atomic E-state index is 13.6. The number of aromatic nitrogens is 1. The van der Waals surface area contributed by atoms with Crippen LogP contribution >= 0.6 is 0 Å². The summed E-state index contributed by atoms with van der Waals surface area (Å²) in [7, 11) is 0. The number of phenolic OH excluding ortho intramolecular Hbond substituents is 1. The van der Waals surface area contributed by atoms with Crippen molar-refractivity contribution in [2.45, 2.75) is 77.5 Å². The van der Waals surface area contributed by atoms with Crippen LogP contribution in [0.3, 0.4) is 0 Å². The first-order chi connectivity index (χ1) is 20.3. The summed E-state index contributed by atoms with van der Waals surface area (Å²) < 4.78 is 0. The first-order valence-electron chi connectivity index (χ1n) is 14.6. The van der Waals surface area contributed by atoms with E-state index >= 15 is 0 Å². The minimum atomic E-state index is -1.15. The maximum Gasteiger partial charge on any atom is 0.326 e. The van der Waals surface area contributed by atoms with Crippen LogP contribution < -0.4 is 21.7 Å². The van der Waals surface area contributed by atoms with E-state index in [1.807, 2.05) is 52.0 Å². The van der Waals surface area contributed by atoms with Crippen molar-refractivity contribution in [1.29, 1.82) is 0 Å². The molecule has 4 atom stereocenters. The van der Waals surface area contributed by atoms with E-state index in [0.29, 0.717) is 5.56 Å². The fourth-order valence-corrected chi connectivity index (χ4v) is 4.93. The number of benzene rings is 2. The number of hydrogen-bond donors (Lipinski definition) is 7. The van der Waals surface area contributed by atoms with Crippen LogP contribution in [-0.2, 0) is 32.0 Å². The lowest BCUT2D eigenvalue weighted by Crippen LogP contribution is -2.58. The predicted molar refractivity (Wildman–Crippen MR) is 164 cm³/mol. The summed E-state index contributed by atoms with van der Waals surface area (Å²) in [5.41, 5.74) is 8.73. The molecular weight excluding hydrogens is 550 g/mol. The summed E-state index contributed by atoms with van der Waals surface area (Å²) in [6, 6.07) is 9.69. The molecular formula is C32H43N5O6. The number of hydrogen-bond acceptors (Lipinski definition) is 6. The van der Waals surface area contributed by atoms with Crippen LogP contribution in [0, 0.1) is 11.8 Å². The Labute approximate surface area is 251 Å². The van der Waals surface area contributed by atoms with Crippen molar-refractivity contribution in [2.75, 3.05) is 0 Å². The largest absolute Gasteiger partial charge is 0.508 e. The van der Waals surface area contributed by atoms with Crippen LogP contribution in [0.5, 0.6) is 5.75 Å². The summed E-state index contributed by atoms with van der Waals surface area (Å²) in [5.74, 6) is -2.84. The second kappa shape index (κ2) is 15.2. The number of aromatic amines is 1. The minimum absolute atomic E-state index is 0.000776. The average molecular weight is 594 g/mol. The van der Waals surface area contributed by atoms with Crippen LogP contribution in [0.15, 0.2) is 54.7 Å². The number of H-pyrrole nitrogens is 1. The number of nitrogens with two attached hydrogens (primary N) is 1. The van der Waals surface area contributed by atoms with Gasteiger partial charge in [0.2, 0.25) is 17.7 Å². The molecule has 4 unspecified atom stereocenters. The van der Waals surface area contributed by atoms with Crippen LogP contribution in [0.2, 0.25) is 0 Å². The van der Waals surface area contributed by atoms with Gasteiger partial charge < -0.3 is 36.9 Å². The molecule has 11 heteroatoms. The van der Waals surface area contributed by atoms with Gasteiger partial charge in [-0.15, -0.1) is 0 Å². The standard InChI is InChI=1S/C32H43N5O6/c1-18(2)13-26(30(40)37-28(32(42)43)14-19(3)4)36-31(41)27(15-20-9-11-22(38)12-10-20)35-29(39)24(33)16-21-17-34-25-8-6-5-7-23(21)25/h5-12,17-19,24,26-28,34,38H,13-16,33H2,1-4H3,(H,35,39)(H,36,41)(H,37,40)(H,42,43). The van der Waals surface area contributed by atoms with Crippen molar-refractivity contribution in [2.24, 2.45) is 17.6 Å². The smallest absolute Gasteiger partial charge is 0.326 e. The molecule has 1 heterocycles. The molecule has 0 saturated carbocycles. The Morgan fingerprint density at radius 3 is 1.95 bits per heavy atom. The second-order valence-electron chi connectivity index (χ2n) is 11.8. The second-order valence-corrected chi connectivity index (χ2v) is 11.8. The summed E-state index contributed by atoms with van der Waals surface area (Å²) in [4.78, 5) is 55.1. The normalized spacial score (nSPS) is 14.2. The van der Waals surface area contributed by atoms with Gasteiger partial charge in [-0.25, -0.2) is 4.79 Å². The Morgan fingerprint density at radius 1 is 0.767 bits per heavy atom. The fraction of sp³-hybridized carbons (Fsp3) is 0.438. The number of carbonyl (C=O) groups is 4. The zero-order chi connectivity index (χ0) is 31.7. The molecule has 2 aromatic carbocycles. The molecule has 0 aliphatic heterocycles. The number of aliphatic carboxylic acids is 1. The number of nitrogens with one attached hydrogen (secondary N) is 4. The number of carboxylic acid groups (broad SMARTS) is 1. The number of fused-ring (bicyclic) bond motifs is 1. The predicted octanol–water partition coefficient (Wildman–Crippen LogP) is 2.62. The fourth-order valence-electron chi connectivity index (χ4n) is 4.93. The van der Waals surface area contributed by atoms with E-state index in [1.165, 1.54) is 12.1 Å². The van der Waals surface area contributed by atoms with Gasteiger partial charge in [-0.2, -0.15) is 0 Å². The third-order valence-electron chi connectivity index (χ3n) is 7.12. The monoisotopic (exact) mass is 593 g/mol. The summed E-state index contributed by atoms with van der Waals surface area (Å²) in [6.07, 6.45) is 2.59. The van der Waals surface area contributed by atoms with Crippen LogP contribution in [0.25, 0.3) is 10.9 Å². The highest BCUT2D eigenvalue weighted by Crippen LogP contribution is 2.19. The topological polar surface area (TPSA) is 187 Å². The molecule has 0 aliphatic rings. The van der Waals surface area contributed by atoms with Gasteiger partial charge in [0, 0.05) is 23.5 Å². The highest BCUT2D eigenvalue weighted by atomic mass is 16.4. The minimum Gasteiger partial charge on any atom is -0.508 e. The zero-order valence-corrected chi connectivity index (χ0v) is 25.1. The third kappa shape index (κ3) is 9.85. The highest BCUT2D eigenvalue weighted by Gasteiger charge is 2.31. The molecule has 3 rings (SSSR count). The van der Waals surface area contributed by atoms with E-state index in [9.17, 15) is 29.4 Å². The van der Waals surface area contributed by atoms with Crippen molar-refractivity contribution in [3.63, 3.8) is 0 Å². The number of carboxylic acids is 1. The molecule has 0 bridgehead atoms. The summed E-state index contributed by atoms with van der Waals surface area (Å²) >= 11 is 0. The molecule has 0 saturated heterocycles. The zero-order valence-electron chi connectivity index (χ0n) is 25.1. The molecule has 3 amide bonds.